The van der Waals surface area contributed by atoms with Gasteiger partial charge in [-0.3, -0.25) is 9.89 Å². The SMILES string of the molecule is CC(O)C(NC(=O)c1n[nH]c2ccccc12)C(=O)O. The van der Waals surface area contributed by atoms with Gasteiger partial charge in [0.05, 0.1) is 11.6 Å². The van der Waals surface area contributed by atoms with Gasteiger partial charge in [0.2, 0.25) is 0 Å². The smallest absolute Gasteiger partial charge is 0.328 e. The fourth-order valence-electron chi connectivity index (χ4n) is 1.73. The van der Waals surface area contributed by atoms with Crippen LogP contribution in [0.4, 0.5) is 0 Å². The van der Waals surface area contributed by atoms with Crippen molar-refractivity contribution in [3.8, 4) is 0 Å². The number of rotatable bonds is 4. The highest BCUT2D eigenvalue weighted by atomic mass is 16.4. The second kappa shape index (κ2) is 5.07. The van der Waals surface area contributed by atoms with Crippen LogP contribution in [0.15, 0.2) is 24.3 Å². The number of aromatic amines is 1. The molecule has 0 fully saturated rings. The topological polar surface area (TPSA) is 115 Å². The number of amides is 1. The standard InChI is InChI=1S/C12H13N3O4/c1-6(16)9(12(18)19)13-11(17)10-7-4-2-3-5-8(7)14-15-10/h2-6,9,16H,1H3,(H,13,17)(H,14,15)(H,18,19). The van der Waals surface area contributed by atoms with Crippen LogP contribution < -0.4 is 5.32 Å². The quantitative estimate of drug-likeness (QED) is 0.625. The molecule has 1 heterocycles. The van der Waals surface area contributed by atoms with Gasteiger partial charge in [-0.1, -0.05) is 18.2 Å². The molecule has 4 N–H and O–H groups in total. The zero-order chi connectivity index (χ0) is 14.0. The lowest BCUT2D eigenvalue weighted by Gasteiger charge is -2.16. The van der Waals surface area contributed by atoms with Crippen molar-refractivity contribution < 1.29 is 19.8 Å². The lowest BCUT2D eigenvalue weighted by atomic mass is 10.1. The molecule has 2 unspecified atom stereocenters. The Bertz CT molecular complexity index is 620. The van der Waals surface area contributed by atoms with Crippen molar-refractivity contribution in [2.75, 3.05) is 0 Å². The Balaban J connectivity index is 2.27. The van der Waals surface area contributed by atoms with Crippen LogP contribution in [-0.4, -0.2) is 44.4 Å². The van der Waals surface area contributed by atoms with Crippen molar-refractivity contribution >= 4 is 22.8 Å². The normalized spacial score (nSPS) is 14.0. The van der Waals surface area contributed by atoms with E-state index in [0.717, 1.165) is 0 Å². The fraction of sp³-hybridized carbons (Fsp3) is 0.250. The molecule has 0 saturated carbocycles. The molecular formula is C12H13N3O4. The number of carbonyl (C=O) groups is 2. The van der Waals surface area contributed by atoms with Gasteiger partial charge in [0.25, 0.3) is 5.91 Å². The lowest BCUT2D eigenvalue weighted by molar-refractivity contribution is -0.141. The Morgan fingerprint density at radius 2 is 2.05 bits per heavy atom. The van der Waals surface area contributed by atoms with E-state index in [1.54, 1.807) is 24.3 Å². The highest BCUT2D eigenvalue weighted by molar-refractivity contribution is 6.05. The average molecular weight is 263 g/mol. The number of carboxylic acid groups (broad SMARTS) is 1. The molecule has 0 radical (unpaired) electrons. The van der Waals surface area contributed by atoms with Gasteiger partial charge in [-0.25, -0.2) is 4.79 Å². The van der Waals surface area contributed by atoms with Crippen LogP contribution in [0.5, 0.6) is 0 Å². The number of nitrogens with one attached hydrogen (secondary N) is 2. The zero-order valence-electron chi connectivity index (χ0n) is 10.1. The number of fused-ring (bicyclic) bond motifs is 1. The van der Waals surface area contributed by atoms with Crippen molar-refractivity contribution in [3.05, 3.63) is 30.0 Å². The summed E-state index contributed by atoms with van der Waals surface area (Å²) in [4.78, 5) is 22.9. The molecule has 1 aromatic carbocycles. The van der Waals surface area contributed by atoms with E-state index >= 15 is 0 Å². The first kappa shape index (κ1) is 13.0. The predicted octanol–water partition coefficient (Wildman–Crippen LogP) is 0.127. The Morgan fingerprint density at radius 3 is 2.68 bits per heavy atom. The molecule has 2 atom stereocenters. The summed E-state index contributed by atoms with van der Waals surface area (Å²) in [6, 6.07) is 5.62. The summed E-state index contributed by atoms with van der Waals surface area (Å²) in [7, 11) is 0. The van der Waals surface area contributed by atoms with E-state index in [1.807, 2.05) is 0 Å². The van der Waals surface area contributed by atoms with Crippen LogP contribution >= 0.6 is 0 Å². The van der Waals surface area contributed by atoms with E-state index in [1.165, 1.54) is 6.92 Å². The number of carbonyl (C=O) groups excluding carboxylic acids is 1. The number of aliphatic hydroxyl groups excluding tert-OH is 1. The molecule has 2 aromatic rings. The maximum atomic E-state index is 12.0. The third-order valence-electron chi connectivity index (χ3n) is 2.72. The third kappa shape index (κ3) is 2.55. The van der Waals surface area contributed by atoms with Gasteiger partial charge in [-0.15, -0.1) is 0 Å². The minimum atomic E-state index is -1.37. The zero-order valence-corrected chi connectivity index (χ0v) is 10.1. The van der Waals surface area contributed by atoms with Crippen LogP contribution in [0, 0.1) is 0 Å². The van der Waals surface area contributed by atoms with Gasteiger partial charge in [0.15, 0.2) is 11.7 Å². The van der Waals surface area contributed by atoms with Gasteiger partial charge < -0.3 is 15.5 Å². The Kier molecular flexibility index (Phi) is 3.48. The van der Waals surface area contributed by atoms with E-state index in [9.17, 15) is 14.7 Å². The summed E-state index contributed by atoms with van der Waals surface area (Å²) in [5.74, 6) is -1.95. The molecule has 0 bridgehead atoms. The average Bonchev–Trinajstić information content (AvgIpc) is 2.78. The molecule has 100 valence electrons. The van der Waals surface area contributed by atoms with Gasteiger partial charge in [-0.2, -0.15) is 5.10 Å². The van der Waals surface area contributed by atoms with E-state index in [4.69, 9.17) is 5.11 Å². The second-order valence-electron chi connectivity index (χ2n) is 4.15. The third-order valence-corrected chi connectivity index (χ3v) is 2.72. The minimum Gasteiger partial charge on any atom is -0.480 e. The largest absolute Gasteiger partial charge is 0.480 e. The van der Waals surface area contributed by atoms with Crippen LogP contribution in [0.25, 0.3) is 10.9 Å². The molecule has 19 heavy (non-hydrogen) atoms. The molecule has 0 aliphatic rings. The molecule has 1 amide bonds. The Labute approximate surface area is 108 Å². The van der Waals surface area contributed by atoms with E-state index in [0.29, 0.717) is 10.9 Å². The van der Waals surface area contributed by atoms with Crippen molar-refractivity contribution in [2.24, 2.45) is 0 Å². The number of aliphatic hydroxyl groups is 1. The van der Waals surface area contributed by atoms with Crippen molar-refractivity contribution in [1.82, 2.24) is 15.5 Å². The Hall–Kier alpha value is -2.41. The fourth-order valence-corrected chi connectivity index (χ4v) is 1.73. The molecule has 7 nitrogen and oxygen atoms in total. The first-order valence-electron chi connectivity index (χ1n) is 5.65. The van der Waals surface area contributed by atoms with Crippen molar-refractivity contribution in [2.45, 2.75) is 19.1 Å². The van der Waals surface area contributed by atoms with Gasteiger partial charge in [0.1, 0.15) is 0 Å². The van der Waals surface area contributed by atoms with Gasteiger partial charge in [0, 0.05) is 5.39 Å². The Morgan fingerprint density at radius 1 is 1.37 bits per heavy atom. The van der Waals surface area contributed by atoms with Crippen molar-refractivity contribution in [3.63, 3.8) is 0 Å². The van der Waals surface area contributed by atoms with Crippen LogP contribution in [0.3, 0.4) is 0 Å². The van der Waals surface area contributed by atoms with E-state index in [-0.39, 0.29) is 5.69 Å². The van der Waals surface area contributed by atoms with Crippen LogP contribution in [0.1, 0.15) is 17.4 Å². The van der Waals surface area contributed by atoms with Crippen LogP contribution in [0.2, 0.25) is 0 Å². The molecule has 0 aliphatic carbocycles. The molecule has 2 rings (SSSR count). The number of hydrogen-bond acceptors (Lipinski definition) is 4. The molecule has 1 aromatic heterocycles. The number of nitrogens with zero attached hydrogens (tertiary/aromatic N) is 1. The van der Waals surface area contributed by atoms with Crippen molar-refractivity contribution in [1.29, 1.82) is 0 Å². The summed E-state index contributed by atoms with van der Waals surface area (Å²) < 4.78 is 0. The minimum absolute atomic E-state index is 0.0995. The summed E-state index contributed by atoms with van der Waals surface area (Å²) in [5.41, 5.74) is 0.777. The number of hydrogen-bond donors (Lipinski definition) is 4. The first-order valence-corrected chi connectivity index (χ1v) is 5.65. The summed E-state index contributed by atoms with van der Waals surface area (Å²) in [6.45, 7) is 1.29. The summed E-state index contributed by atoms with van der Waals surface area (Å²) in [5, 5.41) is 27.6. The number of para-hydroxylation sites is 1. The van der Waals surface area contributed by atoms with Gasteiger partial charge in [-0.05, 0) is 13.0 Å². The molecular weight excluding hydrogens is 250 g/mol. The number of H-pyrrole nitrogens is 1. The first-order chi connectivity index (χ1) is 9.00. The highest BCUT2D eigenvalue weighted by Crippen LogP contribution is 2.15. The van der Waals surface area contributed by atoms with Crippen LogP contribution in [-0.2, 0) is 4.79 Å². The maximum absolute atomic E-state index is 12.0. The number of benzene rings is 1. The second-order valence-corrected chi connectivity index (χ2v) is 4.15. The monoisotopic (exact) mass is 263 g/mol. The predicted molar refractivity (Wildman–Crippen MR) is 66.7 cm³/mol. The van der Waals surface area contributed by atoms with E-state index in [2.05, 4.69) is 15.5 Å². The highest BCUT2D eigenvalue weighted by Gasteiger charge is 2.26. The number of aliphatic carboxylic acids is 1. The molecule has 0 spiro atoms. The number of aromatic nitrogens is 2. The molecule has 7 heteroatoms. The van der Waals surface area contributed by atoms with E-state index < -0.39 is 24.0 Å². The maximum Gasteiger partial charge on any atom is 0.328 e. The summed E-state index contributed by atoms with van der Waals surface area (Å²) >= 11 is 0. The number of carboxylic acids is 1. The lowest BCUT2D eigenvalue weighted by Crippen LogP contribution is -2.47. The molecule has 0 aliphatic heterocycles. The summed E-state index contributed by atoms with van der Waals surface area (Å²) in [6.07, 6.45) is -1.20. The van der Waals surface area contributed by atoms with Gasteiger partial charge >= 0.3 is 5.97 Å². The molecule has 0 saturated heterocycles.